The first kappa shape index (κ1) is 34.2. The Bertz CT molecular complexity index is 2110. The molecule has 2 aromatic heterocycles. The van der Waals surface area contributed by atoms with Crippen molar-refractivity contribution < 1.29 is 22.0 Å². The predicted molar refractivity (Wildman–Crippen MR) is 186 cm³/mol. The van der Waals surface area contributed by atoms with Crippen LogP contribution in [0.15, 0.2) is 64.3 Å². The smallest absolute Gasteiger partial charge is 0.355 e. The number of nitrogens with zero attached hydrogens (tertiary/aromatic N) is 6. The topological polar surface area (TPSA) is 135 Å². The maximum atomic E-state index is 16.0. The van der Waals surface area contributed by atoms with E-state index in [0.717, 1.165) is 48.9 Å². The van der Waals surface area contributed by atoms with Crippen LogP contribution >= 0.6 is 0 Å². The van der Waals surface area contributed by atoms with E-state index in [9.17, 15) is 18.0 Å². The third-order valence-electron chi connectivity index (χ3n) is 9.19. The molecule has 49 heavy (non-hydrogen) atoms. The van der Waals surface area contributed by atoms with E-state index >= 15 is 8.78 Å². The van der Waals surface area contributed by atoms with Crippen molar-refractivity contribution in [1.29, 1.82) is 0 Å². The average Bonchev–Trinajstić information content (AvgIpc) is 3.05. The summed E-state index contributed by atoms with van der Waals surface area (Å²) in [5.41, 5.74) is 4.71. The van der Waals surface area contributed by atoms with Crippen LogP contribution in [0.25, 0.3) is 28.0 Å². The summed E-state index contributed by atoms with van der Waals surface area (Å²) in [7, 11) is -3.87. The minimum absolute atomic E-state index is 0.00502. The Balaban J connectivity index is 1.45. The summed E-state index contributed by atoms with van der Waals surface area (Å²) in [5, 5.41) is 0.103. The molecule has 1 amide bonds. The van der Waals surface area contributed by atoms with Crippen LogP contribution in [0, 0.1) is 18.6 Å². The number of fused-ring (bicyclic) bond motifs is 1. The molecule has 2 aromatic carbocycles. The van der Waals surface area contributed by atoms with E-state index in [4.69, 9.17) is 5.73 Å². The first-order valence-corrected chi connectivity index (χ1v) is 18.2. The van der Waals surface area contributed by atoms with E-state index < -0.39 is 32.9 Å². The molecule has 2 saturated heterocycles. The number of anilines is 2. The molecule has 0 unspecified atom stereocenters. The van der Waals surface area contributed by atoms with Gasteiger partial charge in [-0.3, -0.25) is 9.69 Å². The van der Waals surface area contributed by atoms with E-state index in [1.807, 2.05) is 17.9 Å². The number of pyridine rings is 1. The lowest BCUT2D eigenvalue weighted by Gasteiger charge is -2.40. The number of aromatic nitrogens is 3. The van der Waals surface area contributed by atoms with Gasteiger partial charge in [0, 0.05) is 50.2 Å². The molecule has 2 aliphatic heterocycles. The molecule has 4 aromatic rings. The Morgan fingerprint density at radius 3 is 2.45 bits per heavy atom. The predicted octanol–water partition coefficient (Wildman–Crippen LogP) is 4.10. The quantitative estimate of drug-likeness (QED) is 0.225. The van der Waals surface area contributed by atoms with Crippen LogP contribution in [0.4, 0.5) is 20.3 Å². The Morgan fingerprint density at radius 2 is 1.76 bits per heavy atom. The second-order valence-corrected chi connectivity index (χ2v) is 14.7. The summed E-state index contributed by atoms with van der Waals surface area (Å²) in [6.07, 6.45) is 8.07. The molecular formula is C35H39F2N7O4S. The maximum absolute atomic E-state index is 16.0. The van der Waals surface area contributed by atoms with Crippen LogP contribution in [0.5, 0.6) is 0 Å². The van der Waals surface area contributed by atoms with E-state index in [1.165, 1.54) is 24.6 Å². The standard InChI is InChI=1S/C35H39F2N7O4S/c1-22-10-7-13-28(49(3,47)48)32(22)44-34-24(20-26(37)31(39-34)30-25(36)11-8-12-27(30)38)33(40-35(44)46)43-19-18-42(21-23(43)2)29(45)14-9-17-41-15-5-4-6-16-41/h7-14,20,23H,4-6,15-19,21,38H2,1-3H3/b14-9+/t23-/m0/s1. The highest BCUT2D eigenvalue weighted by Crippen LogP contribution is 2.35. The molecule has 2 fully saturated rings. The summed E-state index contributed by atoms with van der Waals surface area (Å²) in [6, 6.07) is 9.24. The molecular weight excluding hydrogens is 652 g/mol. The molecule has 0 spiro atoms. The van der Waals surface area contributed by atoms with Gasteiger partial charge in [0.25, 0.3) is 0 Å². The fraction of sp³-hybridized carbons (Fsp3) is 0.371. The minimum atomic E-state index is -3.87. The van der Waals surface area contributed by atoms with Gasteiger partial charge < -0.3 is 15.5 Å². The lowest BCUT2D eigenvalue weighted by molar-refractivity contribution is -0.126. The van der Waals surface area contributed by atoms with Gasteiger partial charge in [0.15, 0.2) is 21.3 Å². The zero-order valence-electron chi connectivity index (χ0n) is 27.7. The van der Waals surface area contributed by atoms with Gasteiger partial charge in [0.1, 0.15) is 17.3 Å². The number of carbonyl (C=O) groups excluding carboxylic acids is 1. The Labute approximate surface area is 283 Å². The summed E-state index contributed by atoms with van der Waals surface area (Å²) in [5.74, 6) is -1.73. The van der Waals surface area contributed by atoms with Crippen molar-refractivity contribution in [2.45, 2.75) is 44.0 Å². The van der Waals surface area contributed by atoms with Crippen molar-refractivity contribution in [3.8, 4) is 16.9 Å². The van der Waals surface area contributed by atoms with E-state index in [2.05, 4.69) is 14.9 Å². The molecule has 14 heteroatoms. The van der Waals surface area contributed by atoms with Gasteiger partial charge in [0.2, 0.25) is 5.91 Å². The second kappa shape index (κ2) is 13.7. The molecule has 0 aliphatic carbocycles. The van der Waals surface area contributed by atoms with Crippen LogP contribution in [-0.2, 0) is 14.6 Å². The number of nitrogens with two attached hydrogens (primary N) is 1. The lowest BCUT2D eigenvalue weighted by atomic mass is 10.1. The number of hydrogen-bond donors (Lipinski definition) is 1. The van der Waals surface area contributed by atoms with Crippen LogP contribution in [0.2, 0.25) is 0 Å². The fourth-order valence-corrected chi connectivity index (χ4v) is 7.66. The van der Waals surface area contributed by atoms with E-state index in [1.54, 1.807) is 30.0 Å². The molecule has 11 nitrogen and oxygen atoms in total. The first-order chi connectivity index (χ1) is 23.3. The summed E-state index contributed by atoms with van der Waals surface area (Å²) < 4.78 is 58.0. The van der Waals surface area contributed by atoms with Crippen molar-refractivity contribution in [2.24, 2.45) is 0 Å². The van der Waals surface area contributed by atoms with Gasteiger partial charge in [-0.2, -0.15) is 4.98 Å². The number of hydrogen-bond acceptors (Lipinski definition) is 9. The number of piperidine rings is 1. The first-order valence-electron chi connectivity index (χ1n) is 16.3. The number of rotatable bonds is 7. The molecule has 2 aliphatic rings. The maximum Gasteiger partial charge on any atom is 0.355 e. The Morgan fingerprint density at radius 1 is 1.02 bits per heavy atom. The lowest BCUT2D eigenvalue weighted by Crippen LogP contribution is -2.54. The number of likely N-dealkylation sites (tertiary alicyclic amines) is 1. The van der Waals surface area contributed by atoms with Gasteiger partial charge in [-0.25, -0.2) is 31.5 Å². The van der Waals surface area contributed by atoms with Crippen molar-refractivity contribution in [3.63, 3.8) is 0 Å². The number of benzene rings is 2. The van der Waals surface area contributed by atoms with Crippen molar-refractivity contribution in [2.75, 3.05) is 56.2 Å². The third kappa shape index (κ3) is 6.79. The largest absolute Gasteiger partial charge is 0.398 e. The van der Waals surface area contributed by atoms with E-state index in [0.29, 0.717) is 25.2 Å². The van der Waals surface area contributed by atoms with Gasteiger partial charge in [-0.15, -0.1) is 0 Å². The van der Waals surface area contributed by atoms with Gasteiger partial charge in [0.05, 0.1) is 21.5 Å². The van der Waals surface area contributed by atoms with Crippen molar-refractivity contribution >= 4 is 38.3 Å². The molecule has 0 saturated carbocycles. The number of sulfone groups is 1. The molecule has 258 valence electrons. The molecule has 1 atom stereocenters. The van der Waals surface area contributed by atoms with Crippen LogP contribution in [0.3, 0.4) is 0 Å². The number of nitrogen functional groups attached to an aromatic ring is 1. The molecule has 2 N–H and O–H groups in total. The monoisotopic (exact) mass is 691 g/mol. The number of amides is 1. The zero-order valence-corrected chi connectivity index (χ0v) is 28.5. The van der Waals surface area contributed by atoms with Crippen LogP contribution in [-0.4, -0.2) is 90.2 Å². The molecule has 4 heterocycles. The van der Waals surface area contributed by atoms with Crippen LogP contribution < -0.4 is 16.3 Å². The SMILES string of the molecule is Cc1cccc(S(C)(=O)=O)c1-n1c(=O)nc(N2CCN(C(=O)/C=C/CN3CCCCC3)C[C@@H]2C)c2cc(F)c(-c3c(N)cccc3F)nc21. The molecule has 0 radical (unpaired) electrons. The van der Waals surface area contributed by atoms with Gasteiger partial charge in [-0.05, 0) is 69.6 Å². The zero-order chi connectivity index (χ0) is 35.0. The fourth-order valence-electron chi connectivity index (χ4n) is 6.73. The highest BCUT2D eigenvalue weighted by molar-refractivity contribution is 7.90. The average molecular weight is 692 g/mol. The molecule has 6 rings (SSSR count). The van der Waals surface area contributed by atoms with Crippen molar-refractivity contribution in [1.82, 2.24) is 24.3 Å². The second-order valence-electron chi connectivity index (χ2n) is 12.7. The number of para-hydroxylation sites is 1. The third-order valence-corrected chi connectivity index (χ3v) is 10.3. The Kier molecular flexibility index (Phi) is 9.54. The highest BCUT2D eigenvalue weighted by Gasteiger charge is 2.31. The van der Waals surface area contributed by atoms with E-state index in [-0.39, 0.29) is 57.2 Å². The highest BCUT2D eigenvalue weighted by atomic mass is 32.2. The van der Waals surface area contributed by atoms with Gasteiger partial charge in [-0.1, -0.05) is 30.7 Å². The Hall–Kier alpha value is -4.69. The summed E-state index contributed by atoms with van der Waals surface area (Å²) in [6.45, 7) is 7.19. The van der Waals surface area contributed by atoms with Gasteiger partial charge >= 0.3 is 5.69 Å². The number of halogens is 2. The summed E-state index contributed by atoms with van der Waals surface area (Å²) >= 11 is 0. The summed E-state index contributed by atoms with van der Waals surface area (Å²) in [4.78, 5) is 41.7. The molecule has 0 bridgehead atoms. The van der Waals surface area contributed by atoms with Crippen molar-refractivity contribution in [3.05, 3.63) is 82.3 Å². The number of carbonyl (C=O) groups is 1. The number of piperazine rings is 1. The normalized spacial score (nSPS) is 17.7. The minimum Gasteiger partial charge on any atom is -0.398 e. The van der Waals surface area contributed by atoms with Crippen LogP contribution in [0.1, 0.15) is 31.7 Å². The number of aryl methyl sites for hydroxylation is 1.